The Bertz CT molecular complexity index is 658. The highest BCUT2D eigenvalue weighted by Crippen LogP contribution is 2.25. The molecule has 1 aromatic carbocycles. The van der Waals surface area contributed by atoms with E-state index in [0.717, 1.165) is 22.5 Å². The van der Waals surface area contributed by atoms with Crippen molar-refractivity contribution in [3.05, 3.63) is 52.7 Å². The van der Waals surface area contributed by atoms with Crippen molar-refractivity contribution in [2.75, 3.05) is 5.32 Å². The van der Waals surface area contributed by atoms with Gasteiger partial charge in [-0.05, 0) is 43.0 Å². The molecule has 1 heterocycles. The SMILES string of the molecule is Cc1cccc(C)c1Nc1cc(C(=O)O)cc(C(C)C)n1. The van der Waals surface area contributed by atoms with Gasteiger partial charge in [-0.15, -0.1) is 0 Å². The predicted molar refractivity (Wildman–Crippen MR) is 84.5 cm³/mol. The number of rotatable bonds is 4. The number of nitrogens with zero attached hydrogens (tertiary/aromatic N) is 1. The van der Waals surface area contributed by atoms with E-state index in [1.807, 2.05) is 45.9 Å². The van der Waals surface area contributed by atoms with Gasteiger partial charge in [0.1, 0.15) is 5.82 Å². The second-order valence-electron chi connectivity index (χ2n) is 5.52. The minimum absolute atomic E-state index is 0.169. The summed E-state index contributed by atoms with van der Waals surface area (Å²) in [6.45, 7) is 8.02. The van der Waals surface area contributed by atoms with E-state index < -0.39 is 5.97 Å². The van der Waals surface area contributed by atoms with Gasteiger partial charge in [0.2, 0.25) is 0 Å². The summed E-state index contributed by atoms with van der Waals surface area (Å²) in [6.07, 6.45) is 0. The highest BCUT2D eigenvalue weighted by atomic mass is 16.4. The number of para-hydroxylation sites is 1. The van der Waals surface area contributed by atoms with Gasteiger partial charge in [0.15, 0.2) is 0 Å². The van der Waals surface area contributed by atoms with Crippen molar-refractivity contribution in [1.29, 1.82) is 0 Å². The lowest BCUT2D eigenvalue weighted by Crippen LogP contribution is -2.06. The molecule has 0 atom stereocenters. The normalized spacial score (nSPS) is 10.7. The molecule has 2 N–H and O–H groups in total. The molecule has 110 valence electrons. The third-order valence-corrected chi connectivity index (χ3v) is 3.42. The van der Waals surface area contributed by atoms with Crippen LogP contribution < -0.4 is 5.32 Å². The fourth-order valence-corrected chi connectivity index (χ4v) is 2.17. The van der Waals surface area contributed by atoms with E-state index in [4.69, 9.17) is 0 Å². The zero-order chi connectivity index (χ0) is 15.6. The summed E-state index contributed by atoms with van der Waals surface area (Å²) in [6, 6.07) is 9.22. The second-order valence-corrected chi connectivity index (χ2v) is 5.52. The Morgan fingerprint density at radius 2 is 1.81 bits per heavy atom. The molecule has 0 saturated heterocycles. The minimum Gasteiger partial charge on any atom is -0.478 e. The monoisotopic (exact) mass is 284 g/mol. The lowest BCUT2D eigenvalue weighted by Gasteiger charge is -2.14. The number of aromatic nitrogens is 1. The number of benzene rings is 1. The summed E-state index contributed by atoms with van der Waals surface area (Å²) < 4.78 is 0. The topological polar surface area (TPSA) is 62.2 Å². The first-order valence-electron chi connectivity index (χ1n) is 6.97. The summed E-state index contributed by atoms with van der Waals surface area (Å²) in [4.78, 5) is 15.8. The fraction of sp³-hybridized carbons (Fsp3) is 0.294. The Hall–Kier alpha value is -2.36. The molecule has 0 amide bonds. The average Bonchev–Trinajstić information content (AvgIpc) is 2.42. The molecule has 0 fully saturated rings. The van der Waals surface area contributed by atoms with Gasteiger partial charge < -0.3 is 10.4 Å². The molecule has 0 bridgehead atoms. The van der Waals surface area contributed by atoms with Crippen LogP contribution >= 0.6 is 0 Å². The Labute approximate surface area is 124 Å². The van der Waals surface area contributed by atoms with E-state index >= 15 is 0 Å². The standard InChI is InChI=1S/C17H20N2O2/c1-10(2)14-8-13(17(20)21)9-15(18-14)19-16-11(3)6-5-7-12(16)4/h5-10H,1-4H3,(H,18,19)(H,20,21). The first-order valence-corrected chi connectivity index (χ1v) is 6.97. The Morgan fingerprint density at radius 3 is 2.33 bits per heavy atom. The van der Waals surface area contributed by atoms with Crippen LogP contribution in [0.1, 0.15) is 46.9 Å². The van der Waals surface area contributed by atoms with Crippen molar-refractivity contribution in [2.24, 2.45) is 0 Å². The lowest BCUT2D eigenvalue weighted by atomic mass is 10.1. The van der Waals surface area contributed by atoms with Crippen molar-refractivity contribution in [3.63, 3.8) is 0 Å². The van der Waals surface area contributed by atoms with Crippen LogP contribution in [-0.4, -0.2) is 16.1 Å². The number of aromatic carboxylic acids is 1. The van der Waals surface area contributed by atoms with E-state index in [2.05, 4.69) is 10.3 Å². The van der Waals surface area contributed by atoms with E-state index in [9.17, 15) is 9.90 Å². The molecular formula is C17H20N2O2. The van der Waals surface area contributed by atoms with Gasteiger partial charge in [-0.25, -0.2) is 9.78 Å². The van der Waals surface area contributed by atoms with Crippen molar-refractivity contribution in [2.45, 2.75) is 33.6 Å². The summed E-state index contributed by atoms with van der Waals surface area (Å²) in [5, 5.41) is 12.5. The zero-order valence-corrected chi connectivity index (χ0v) is 12.8. The van der Waals surface area contributed by atoms with Crippen LogP contribution in [0.5, 0.6) is 0 Å². The number of nitrogens with one attached hydrogen (secondary N) is 1. The molecule has 0 aliphatic heterocycles. The average molecular weight is 284 g/mol. The van der Waals surface area contributed by atoms with Crippen LogP contribution in [0.4, 0.5) is 11.5 Å². The highest BCUT2D eigenvalue weighted by Gasteiger charge is 2.12. The predicted octanol–water partition coefficient (Wildman–Crippen LogP) is 4.26. The minimum atomic E-state index is -0.941. The number of hydrogen-bond donors (Lipinski definition) is 2. The van der Waals surface area contributed by atoms with Crippen molar-refractivity contribution < 1.29 is 9.90 Å². The molecule has 0 saturated carbocycles. The van der Waals surface area contributed by atoms with Crippen LogP contribution in [-0.2, 0) is 0 Å². The summed E-state index contributed by atoms with van der Waals surface area (Å²) in [5.74, 6) is -0.206. The van der Waals surface area contributed by atoms with Gasteiger partial charge in [0.25, 0.3) is 0 Å². The Kier molecular flexibility index (Phi) is 4.26. The van der Waals surface area contributed by atoms with Gasteiger partial charge >= 0.3 is 5.97 Å². The van der Waals surface area contributed by atoms with Gasteiger partial charge in [0, 0.05) is 11.4 Å². The number of aryl methyl sites for hydroxylation is 2. The van der Waals surface area contributed by atoms with Crippen LogP contribution in [0.2, 0.25) is 0 Å². The van der Waals surface area contributed by atoms with Gasteiger partial charge in [0.05, 0.1) is 5.56 Å². The summed E-state index contributed by atoms with van der Waals surface area (Å²) in [7, 11) is 0. The molecule has 21 heavy (non-hydrogen) atoms. The third kappa shape index (κ3) is 3.40. The molecule has 0 spiro atoms. The number of carboxylic acids is 1. The van der Waals surface area contributed by atoms with Crippen molar-refractivity contribution in [1.82, 2.24) is 4.98 Å². The second kappa shape index (κ2) is 5.95. The maximum absolute atomic E-state index is 11.3. The van der Waals surface area contributed by atoms with Crippen molar-refractivity contribution >= 4 is 17.5 Å². The van der Waals surface area contributed by atoms with Crippen LogP contribution in [0.25, 0.3) is 0 Å². The quantitative estimate of drug-likeness (QED) is 0.880. The van der Waals surface area contributed by atoms with Gasteiger partial charge in [-0.1, -0.05) is 32.0 Å². The van der Waals surface area contributed by atoms with Crippen molar-refractivity contribution in [3.8, 4) is 0 Å². The number of carboxylic acid groups (broad SMARTS) is 1. The number of pyridine rings is 1. The van der Waals surface area contributed by atoms with Crippen LogP contribution in [0, 0.1) is 13.8 Å². The first kappa shape index (κ1) is 15.0. The molecule has 0 aliphatic carbocycles. The summed E-state index contributed by atoms with van der Waals surface area (Å²) in [5.41, 5.74) is 4.19. The fourth-order valence-electron chi connectivity index (χ4n) is 2.17. The lowest BCUT2D eigenvalue weighted by molar-refractivity contribution is 0.0696. The summed E-state index contributed by atoms with van der Waals surface area (Å²) >= 11 is 0. The number of anilines is 2. The molecule has 0 radical (unpaired) electrons. The maximum atomic E-state index is 11.3. The molecule has 2 aromatic rings. The zero-order valence-electron chi connectivity index (χ0n) is 12.8. The molecule has 1 aromatic heterocycles. The van der Waals surface area contributed by atoms with E-state index in [-0.39, 0.29) is 11.5 Å². The largest absolute Gasteiger partial charge is 0.478 e. The Balaban J connectivity index is 2.46. The van der Waals surface area contributed by atoms with Gasteiger partial charge in [-0.3, -0.25) is 0 Å². The van der Waals surface area contributed by atoms with E-state index in [1.165, 1.54) is 0 Å². The highest BCUT2D eigenvalue weighted by molar-refractivity contribution is 5.89. The van der Waals surface area contributed by atoms with Crippen LogP contribution in [0.15, 0.2) is 30.3 Å². The van der Waals surface area contributed by atoms with E-state index in [0.29, 0.717) is 5.82 Å². The van der Waals surface area contributed by atoms with Crippen LogP contribution in [0.3, 0.4) is 0 Å². The maximum Gasteiger partial charge on any atom is 0.335 e. The molecule has 4 nitrogen and oxygen atoms in total. The molecule has 0 unspecified atom stereocenters. The first-order chi connectivity index (χ1) is 9.88. The third-order valence-electron chi connectivity index (χ3n) is 3.42. The number of hydrogen-bond acceptors (Lipinski definition) is 3. The molecular weight excluding hydrogens is 264 g/mol. The number of carbonyl (C=O) groups is 1. The van der Waals surface area contributed by atoms with Gasteiger partial charge in [-0.2, -0.15) is 0 Å². The Morgan fingerprint density at radius 1 is 1.19 bits per heavy atom. The molecule has 0 aliphatic rings. The molecule has 2 rings (SSSR count). The smallest absolute Gasteiger partial charge is 0.335 e. The molecule has 4 heteroatoms. The van der Waals surface area contributed by atoms with E-state index in [1.54, 1.807) is 12.1 Å².